The van der Waals surface area contributed by atoms with Crippen LogP contribution in [0.4, 0.5) is 5.69 Å². The molecule has 2 aliphatic rings. The average Bonchev–Trinajstić information content (AvgIpc) is 3.08. The monoisotopic (exact) mass is 510 g/mol. The Labute approximate surface area is 213 Å². The highest BCUT2D eigenvalue weighted by Crippen LogP contribution is 2.30. The molecule has 0 spiro atoms. The van der Waals surface area contributed by atoms with Crippen LogP contribution in [0.3, 0.4) is 0 Å². The first-order valence-corrected chi connectivity index (χ1v) is 14.3. The number of imide groups is 1. The molecular formula is C28H34N2O5S. The predicted molar refractivity (Wildman–Crippen MR) is 140 cm³/mol. The van der Waals surface area contributed by atoms with Gasteiger partial charge in [0.2, 0.25) is 5.91 Å². The molecule has 0 atom stereocenters. The number of amides is 3. The molecule has 36 heavy (non-hydrogen) atoms. The molecular weight excluding hydrogens is 476 g/mol. The molecule has 0 N–H and O–H groups in total. The van der Waals surface area contributed by atoms with E-state index in [0.29, 0.717) is 54.2 Å². The van der Waals surface area contributed by atoms with Crippen molar-refractivity contribution in [2.75, 3.05) is 23.7 Å². The first kappa shape index (κ1) is 26.1. The molecule has 1 saturated heterocycles. The van der Waals surface area contributed by atoms with E-state index in [1.165, 1.54) is 4.90 Å². The van der Waals surface area contributed by atoms with Crippen LogP contribution in [0.1, 0.15) is 78.3 Å². The number of anilines is 1. The van der Waals surface area contributed by atoms with E-state index in [1.807, 2.05) is 12.1 Å². The lowest BCUT2D eigenvalue weighted by molar-refractivity contribution is -0.131. The number of carbonyl (C=O) groups excluding carboxylic acids is 3. The van der Waals surface area contributed by atoms with Crippen LogP contribution in [0.5, 0.6) is 0 Å². The van der Waals surface area contributed by atoms with Gasteiger partial charge in [-0.25, -0.2) is 13.3 Å². The molecule has 0 bridgehead atoms. The Morgan fingerprint density at radius 2 is 1.53 bits per heavy atom. The molecule has 2 heterocycles. The fraction of sp³-hybridized carbons (Fsp3) is 0.464. The molecule has 2 aliphatic heterocycles. The van der Waals surface area contributed by atoms with Gasteiger partial charge in [0.15, 0.2) is 9.84 Å². The van der Waals surface area contributed by atoms with Crippen molar-refractivity contribution in [3.63, 3.8) is 0 Å². The van der Waals surface area contributed by atoms with Gasteiger partial charge in [-0.3, -0.25) is 14.4 Å². The van der Waals surface area contributed by atoms with Crippen LogP contribution >= 0.6 is 0 Å². The Balaban J connectivity index is 1.40. The van der Waals surface area contributed by atoms with E-state index in [0.717, 1.165) is 5.56 Å². The number of hydrogen-bond donors (Lipinski definition) is 0. The summed E-state index contributed by atoms with van der Waals surface area (Å²) >= 11 is 0. The number of likely N-dealkylation sites (tertiary alicyclic amines) is 1. The van der Waals surface area contributed by atoms with Gasteiger partial charge in [-0.1, -0.05) is 32.0 Å². The van der Waals surface area contributed by atoms with Crippen molar-refractivity contribution in [2.24, 2.45) is 5.92 Å². The molecule has 3 amide bonds. The highest BCUT2D eigenvalue weighted by molar-refractivity contribution is 7.91. The van der Waals surface area contributed by atoms with Gasteiger partial charge in [-0.15, -0.1) is 0 Å². The zero-order valence-corrected chi connectivity index (χ0v) is 22.2. The maximum atomic E-state index is 13.1. The third-order valence-electron chi connectivity index (χ3n) is 7.28. The normalized spacial score (nSPS) is 16.8. The summed E-state index contributed by atoms with van der Waals surface area (Å²) in [5.41, 5.74) is 3.00. The van der Waals surface area contributed by atoms with Crippen LogP contribution in [-0.2, 0) is 21.1 Å². The van der Waals surface area contributed by atoms with Crippen molar-refractivity contribution in [1.29, 1.82) is 0 Å². The van der Waals surface area contributed by atoms with Crippen molar-refractivity contribution in [2.45, 2.75) is 58.1 Å². The molecule has 7 nitrogen and oxygen atoms in total. The second kappa shape index (κ2) is 10.2. The minimum atomic E-state index is -3.10. The number of benzene rings is 2. The van der Waals surface area contributed by atoms with Crippen molar-refractivity contribution in [3.05, 3.63) is 64.7 Å². The van der Waals surface area contributed by atoms with E-state index in [1.54, 1.807) is 49.1 Å². The number of piperidine rings is 1. The van der Waals surface area contributed by atoms with Crippen LogP contribution in [0.2, 0.25) is 0 Å². The maximum Gasteiger partial charge on any atom is 0.266 e. The Morgan fingerprint density at radius 3 is 2.11 bits per heavy atom. The van der Waals surface area contributed by atoms with Crippen LogP contribution in [0, 0.1) is 5.92 Å². The minimum Gasteiger partial charge on any atom is -0.342 e. The molecule has 0 radical (unpaired) electrons. The maximum absolute atomic E-state index is 13.1. The fourth-order valence-corrected chi connectivity index (χ4v) is 6.17. The van der Waals surface area contributed by atoms with Gasteiger partial charge < -0.3 is 4.90 Å². The van der Waals surface area contributed by atoms with Gasteiger partial charge in [0.1, 0.15) is 0 Å². The van der Waals surface area contributed by atoms with E-state index in [4.69, 9.17) is 0 Å². The van der Waals surface area contributed by atoms with Gasteiger partial charge >= 0.3 is 0 Å². The molecule has 1 fully saturated rings. The van der Waals surface area contributed by atoms with Crippen molar-refractivity contribution >= 4 is 33.2 Å². The van der Waals surface area contributed by atoms with Crippen LogP contribution in [0.25, 0.3) is 0 Å². The summed E-state index contributed by atoms with van der Waals surface area (Å²) in [6.07, 6.45) is 1.46. The number of nitrogens with zero attached hydrogens (tertiary/aromatic N) is 2. The Hall–Kier alpha value is -3.00. The van der Waals surface area contributed by atoms with Crippen LogP contribution < -0.4 is 4.90 Å². The topological polar surface area (TPSA) is 91.8 Å². The van der Waals surface area contributed by atoms with Gasteiger partial charge in [0.25, 0.3) is 11.8 Å². The summed E-state index contributed by atoms with van der Waals surface area (Å²) in [6.45, 7) is 8.62. The van der Waals surface area contributed by atoms with E-state index >= 15 is 0 Å². The SMILES string of the molecule is CC(C)c1ccc(N2C(=O)c3ccc(CC(=O)N4CCC(CS(=O)(=O)C(C)C)CC4)cc3C2=O)cc1. The van der Waals surface area contributed by atoms with E-state index < -0.39 is 9.84 Å². The summed E-state index contributed by atoms with van der Waals surface area (Å²) < 4.78 is 24.4. The van der Waals surface area contributed by atoms with Crippen molar-refractivity contribution in [3.8, 4) is 0 Å². The largest absolute Gasteiger partial charge is 0.342 e. The third-order valence-corrected chi connectivity index (χ3v) is 9.65. The lowest BCUT2D eigenvalue weighted by Gasteiger charge is -2.32. The quantitative estimate of drug-likeness (QED) is 0.520. The zero-order valence-electron chi connectivity index (χ0n) is 21.4. The summed E-state index contributed by atoms with van der Waals surface area (Å²) in [7, 11) is -3.10. The second-order valence-electron chi connectivity index (χ2n) is 10.5. The molecule has 0 aliphatic carbocycles. The summed E-state index contributed by atoms with van der Waals surface area (Å²) in [4.78, 5) is 42.0. The van der Waals surface area contributed by atoms with Gasteiger partial charge in [-0.2, -0.15) is 0 Å². The molecule has 0 unspecified atom stereocenters. The van der Waals surface area contributed by atoms with Gasteiger partial charge in [0, 0.05) is 13.1 Å². The van der Waals surface area contributed by atoms with Crippen molar-refractivity contribution < 1.29 is 22.8 Å². The van der Waals surface area contributed by atoms with Crippen molar-refractivity contribution in [1.82, 2.24) is 4.90 Å². The lowest BCUT2D eigenvalue weighted by Crippen LogP contribution is -2.41. The van der Waals surface area contributed by atoms with Crippen LogP contribution in [0.15, 0.2) is 42.5 Å². The molecule has 4 rings (SSSR count). The number of hydrogen-bond acceptors (Lipinski definition) is 5. The van der Waals surface area contributed by atoms with E-state index in [2.05, 4.69) is 13.8 Å². The first-order chi connectivity index (χ1) is 17.0. The molecule has 2 aromatic carbocycles. The standard InChI is InChI=1S/C28H34N2O5S/c1-18(2)22-6-8-23(9-7-22)30-27(32)24-10-5-21(15-25(24)28(30)33)16-26(31)29-13-11-20(12-14-29)17-36(34,35)19(3)4/h5-10,15,18-20H,11-14,16-17H2,1-4H3. The number of rotatable bonds is 7. The number of sulfone groups is 1. The summed E-state index contributed by atoms with van der Waals surface area (Å²) in [5, 5.41) is -0.387. The third kappa shape index (κ3) is 5.24. The highest BCUT2D eigenvalue weighted by atomic mass is 32.2. The number of fused-ring (bicyclic) bond motifs is 1. The Morgan fingerprint density at radius 1 is 0.917 bits per heavy atom. The molecule has 192 valence electrons. The first-order valence-electron chi connectivity index (χ1n) is 12.6. The average molecular weight is 511 g/mol. The zero-order chi connectivity index (χ0) is 26.2. The van der Waals surface area contributed by atoms with Gasteiger partial charge in [-0.05, 0) is 73.9 Å². The summed E-state index contributed by atoms with van der Waals surface area (Å²) in [5.74, 6) is -0.203. The predicted octanol–water partition coefficient (Wildman–Crippen LogP) is 4.21. The molecule has 2 aromatic rings. The molecule has 0 saturated carbocycles. The smallest absolute Gasteiger partial charge is 0.266 e. The fourth-order valence-electron chi connectivity index (χ4n) is 4.80. The van der Waals surface area contributed by atoms with Gasteiger partial charge in [0.05, 0.1) is 34.2 Å². The number of carbonyl (C=O) groups is 3. The summed E-state index contributed by atoms with van der Waals surface area (Å²) in [6, 6.07) is 12.4. The molecule has 0 aromatic heterocycles. The van der Waals surface area contributed by atoms with Crippen LogP contribution in [-0.4, -0.2) is 55.1 Å². The Bertz CT molecular complexity index is 1270. The van der Waals surface area contributed by atoms with E-state index in [-0.39, 0.29) is 41.1 Å². The lowest BCUT2D eigenvalue weighted by atomic mass is 9.98. The Kier molecular flexibility index (Phi) is 7.36. The molecule has 8 heteroatoms. The minimum absolute atomic E-state index is 0.0574. The highest BCUT2D eigenvalue weighted by Gasteiger charge is 2.37. The second-order valence-corrected chi connectivity index (χ2v) is 13.1. The van der Waals surface area contributed by atoms with E-state index in [9.17, 15) is 22.8 Å².